The van der Waals surface area contributed by atoms with Crippen LogP contribution in [0, 0.1) is 5.82 Å². The van der Waals surface area contributed by atoms with E-state index < -0.39 is 17.5 Å². The highest BCUT2D eigenvalue weighted by Crippen LogP contribution is 2.31. The Morgan fingerprint density at radius 2 is 1.77 bits per heavy atom. The van der Waals surface area contributed by atoms with Gasteiger partial charge in [0.15, 0.2) is 12.4 Å². The van der Waals surface area contributed by atoms with Gasteiger partial charge in [0.1, 0.15) is 28.7 Å². The molecular weight excluding hydrogens is 477 g/mol. The third-order valence-electron chi connectivity index (χ3n) is 4.94. The van der Waals surface area contributed by atoms with Gasteiger partial charge in [-0.1, -0.05) is 11.6 Å². The largest absolute Gasteiger partial charge is 0.494 e. The number of nitrogens with one attached hydrogen (secondary N) is 1. The molecule has 1 heterocycles. The lowest BCUT2D eigenvalue weighted by Crippen LogP contribution is -2.30. The molecule has 1 aromatic heterocycles. The number of carbonyl (C=O) groups is 3. The second kappa shape index (κ2) is 11.4. The van der Waals surface area contributed by atoms with E-state index in [1.54, 1.807) is 32.3 Å². The summed E-state index contributed by atoms with van der Waals surface area (Å²) < 4.78 is 24.2. The molecule has 182 valence electrons. The average molecular weight is 500 g/mol. The van der Waals surface area contributed by atoms with Gasteiger partial charge in [-0.2, -0.15) is 0 Å². The molecule has 0 radical (unpaired) electrons. The Morgan fingerprint density at radius 3 is 2.40 bits per heavy atom. The van der Waals surface area contributed by atoms with Gasteiger partial charge in [0.05, 0.1) is 18.7 Å². The predicted octanol–water partition coefficient (Wildman–Crippen LogP) is 3.63. The zero-order valence-corrected chi connectivity index (χ0v) is 20.1. The van der Waals surface area contributed by atoms with Gasteiger partial charge in [-0.25, -0.2) is 9.37 Å². The van der Waals surface area contributed by atoms with Crippen LogP contribution in [0.5, 0.6) is 11.5 Å². The lowest BCUT2D eigenvalue weighted by atomic mass is 10.1. The van der Waals surface area contributed by atoms with Crippen molar-refractivity contribution >= 4 is 29.2 Å². The Hall–Kier alpha value is -3.98. The Morgan fingerprint density at radius 1 is 1.06 bits per heavy atom. The number of carbonyl (C=O) groups excluding carboxylic acids is 3. The van der Waals surface area contributed by atoms with Crippen LogP contribution in [-0.2, 0) is 4.79 Å². The molecular formula is C25H23ClFN3O5. The maximum absolute atomic E-state index is 13.5. The van der Waals surface area contributed by atoms with E-state index in [9.17, 15) is 18.8 Å². The Kier molecular flexibility index (Phi) is 8.38. The second-order valence-electron chi connectivity index (χ2n) is 7.58. The Bertz CT molecular complexity index is 1250. The smallest absolute Gasteiger partial charge is 0.259 e. The number of amides is 2. The van der Waals surface area contributed by atoms with E-state index in [-0.39, 0.29) is 29.8 Å². The molecule has 0 spiro atoms. The van der Waals surface area contributed by atoms with E-state index in [0.717, 1.165) is 0 Å². The van der Waals surface area contributed by atoms with Gasteiger partial charge in [0.2, 0.25) is 0 Å². The van der Waals surface area contributed by atoms with Crippen molar-refractivity contribution in [2.45, 2.75) is 0 Å². The molecule has 0 saturated heterocycles. The number of hydrogen-bond acceptors (Lipinski definition) is 6. The first-order chi connectivity index (χ1) is 16.7. The molecule has 0 unspecified atom stereocenters. The van der Waals surface area contributed by atoms with Gasteiger partial charge in [-0.3, -0.25) is 14.4 Å². The zero-order valence-electron chi connectivity index (χ0n) is 19.3. The van der Waals surface area contributed by atoms with Crippen molar-refractivity contribution in [2.75, 3.05) is 34.4 Å². The SMILES string of the molecule is COc1ccc(C(=O)CNC(=O)c2ccc(OCC(=O)N(C)C)cc2)nc1-c1ccc(F)c(Cl)c1. The highest BCUT2D eigenvalue weighted by atomic mass is 35.5. The summed E-state index contributed by atoms with van der Waals surface area (Å²) in [5.41, 5.74) is 1.20. The molecule has 2 aromatic carbocycles. The van der Waals surface area contributed by atoms with Gasteiger partial charge in [0.25, 0.3) is 11.8 Å². The standard InChI is InChI=1S/C25H23ClFN3O5/c1-30(2)23(32)14-35-17-7-4-15(5-8-17)25(33)28-13-21(31)20-10-11-22(34-3)24(29-20)16-6-9-19(27)18(26)12-16/h4-12H,13-14H2,1-3H3,(H,28,33). The fourth-order valence-corrected chi connectivity index (χ4v) is 3.13. The summed E-state index contributed by atoms with van der Waals surface area (Å²) >= 11 is 5.88. The molecule has 0 aliphatic rings. The number of likely N-dealkylation sites (N-methyl/N-ethyl adjacent to an activating group) is 1. The first-order valence-electron chi connectivity index (χ1n) is 10.4. The molecule has 0 atom stereocenters. The van der Waals surface area contributed by atoms with Crippen LogP contribution >= 0.6 is 11.6 Å². The molecule has 0 aliphatic carbocycles. The van der Waals surface area contributed by atoms with Crippen molar-refractivity contribution in [1.29, 1.82) is 0 Å². The van der Waals surface area contributed by atoms with E-state index in [1.165, 1.54) is 48.4 Å². The van der Waals surface area contributed by atoms with Gasteiger partial charge < -0.3 is 19.7 Å². The number of nitrogens with zero attached hydrogens (tertiary/aromatic N) is 2. The van der Waals surface area contributed by atoms with Gasteiger partial charge >= 0.3 is 0 Å². The number of Topliss-reactive ketones (excluding diaryl/α,β-unsaturated/α-hetero) is 1. The van der Waals surface area contributed by atoms with Crippen molar-refractivity contribution in [3.63, 3.8) is 0 Å². The number of aromatic nitrogens is 1. The van der Waals surface area contributed by atoms with Crippen molar-refractivity contribution in [3.8, 4) is 22.8 Å². The van der Waals surface area contributed by atoms with Crippen LogP contribution in [0.1, 0.15) is 20.8 Å². The summed E-state index contributed by atoms with van der Waals surface area (Å²) in [5.74, 6) is -0.855. The van der Waals surface area contributed by atoms with E-state index >= 15 is 0 Å². The molecule has 1 N–H and O–H groups in total. The molecule has 3 aromatic rings. The number of hydrogen-bond donors (Lipinski definition) is 1. The lowest BCUT2D eigenvalue weighted by molar-refractivity contribution is -0.130. The van der Waals surface area contributed by atoms with Crippen LogP contribution < -0.4 is 14.8 Å². The van der Waals surface area contributed by atoms with Crippen LogP contribution in [-0.4, -0.2) is 61.8 Å². The number of ketones is 1. The minimum Gasteiger partial charge on any atom is -0.494 e. The predicted molar refractivity (Wildman–Crippen MR) is 128 cm³/mol. The number of rotatable bonds is 9. The number of methoxy groups -OCH3 is 1. The summed E-state index contributed by atoms with van der Waals surface area (Å²) in [4.78, 5) is 42.5. The molecule has 3 rings (SSSR count). The molecule has 0 aliphatic heterocycles. The molecule has 2 amide bonds. The van der Waals surface area contributed by atoms with Crippen LogP contribution in [0.2, 0.25) is 5.02 Å². The van der Waals surface area contributed by atoms with E-state index in [2.05, 4.69) is 10.3 Å². The maximum Gasteiger partial charge on any atom is 0.259 e. The minimum absolute atomic E-state index is 0.0870. The third kappa shape index (κ3) is 6.54. The highest BCUT2D eigenvalue weighted by Gasteiger charge is 2.16. The molecule has 10 heteroatoms. The van der Waals surface area contributed by atoms with E-state index in [0.29, 0.717) is 28.3 Å². The van der Waals surface area contributed by atoms with E-state index in [4.69, 9.17) is 21.1 Å². The van der Waals surface area contributed by atoms with Gasteiger partial charge in [-0.15, -0.1) is 0 Å². The third-order valence-corrected chi connectivity index (χ3v) is 5.23. The first kappa shape index (κ1) is 25.6. The molecule has 35 heavy (non-hydrogen) atoms. The number of pyridine rings is 1. The Balaban J connectivity index is 1.65. The van der Waals surface area contributed by atoms with Gasteiger partial charge in [-0.05, 0) is 54.6 Å². The fourth-order valence-electron chi connectivity index (χ4n) is 2.95. The highest BCUT2D eigenvalue weighted by molar-refractivity contribution is 6.31. The van der Waals surface area contributed by atoms with Crippen molar-refractivity contribution in [3.05, 3.63) is 76.7 Å². The summed E-state index contributed by atoms with van der Waals surface area (Å²) in [6, 6.07) is 13.3. The number of halogens is 2. The molecule has 0 fully saturated rings. The van der Waals surface area contributed by atoms with Crippen LogP contribution in [0.3, 0.4) is 0 Å². The first-order valence-corrected chi connectivity index (χ1v) is 10.8. The van der Waals surface area contributed by atoms with Crippen molar-refractivity contribution in [2.24, 2.45) is 0 Å². The topological polar surface area (TPSA) is 97.8 Å². The molecule has 0 bridgehead atoms. The summed E-state index contributed by atoms with van der Waals surface area (Å²) in [6.07, 6.45) is 0. The zero-order chi connectivity index (χ0) is 25.5. The number of benzene rings is 2. The second-order valence-corrected chi connectivity index (χ2v) is 7.99. The lowest BCUT2D eigenvalue weighted by Gasteiger charge is -2.12. The van der Waals surface area contributed by atoms with Crippen molar-refractivity contribution in [1.82, 2.24) is 15.2 Å². The fraction of sp³-hybridized carbons (Fsp3) is 0.200. The summed E-state index contributed by atoms with van der Waals surface area (Å²) in [5, 5.41) is 2.47. The van der Waals surface area contributed by atoms with Crippen LogP contribution in [0.4, 0.5) is 4.39 Å². The number of ether oxygens (including phenoxy) is 2. The van der Waals surface area contributed by atoms with Crippen molar-refractivity contribution < 1.29 is 28.2 Å². The summed E-state index contributed by atoms with van der Waals surface area (Å²) in [7, 11) is 4.70. The Labute approximate surface area is 206 Å². The maximum atomic E-state index is 13.5. The van der Waals surface area contributed by atoms with Crippen LogP contribution in [0.15, 0.2) is 54.6 Å². The summed E-state index contributed by atoms with van der Waals surface area (Å²) in [6.45, 7) is -0.411. The molecule has 0 saturated carbocycles. The van der Waals surface area contributed by atoms with Crippen LogP contribution in [0.25, 0.3) is 11.3 Å². The average Bonchev–Trinajstić information content (AvgIpc) is 2.87. The van der Waals surface area contributed by atoms with Gasteiger partial charge in [0, 0.05) is 25.2 Å². The van der Waals surface area contributed by atoms with E-state index in [1.807, 2.05) is 0 Å². The normalized spacial score (nSPS) is 10.4. The minimum atomic E-state index is -0.578. The molecule has 8 nitrogen and oxygen atoms in total. The monoisotopic (exact) mass is 499 g/mol. The quantitative estimate of drug-likeness (QED) is 0.451.